The van der Waals surface area contributed by atoms with Gasteiger partial charge in [-0.3, -0.25) is 4.79 Å². The van der Waals surface area contributed by atoms with Crippen molar-refractivity contribution in [2.24, 2.45) is 0 Å². The fourth-order valence-corrected chi connectivity index (χ4v) is 1.26. The van der Waals surface area contributed by atoms with E-state index in [2.05, 4.69) is 0 Å². The molecule has 0 saturated carbocycles. The molecule has 1 aromatic heterocycles. The van der Waals surface area contributed by atoms with Crippen molar-refractivity contribution in [1.29, 1.82) is 0 Å². The van der Waals surface area contributed by atoms with Crippen molar-refractivity contribution in [3.05, 3.63) is 33.7 Å². The Morgan fingerprint density at radius 2 is 0.952 bits per heavy atom. The van der Waals surface area contributed by atoms with Gasteiger partial charge in [-0.1, -0.05) is 0 Å². The van der Waals surface area contributed by atoms with Crippen LogP contribution in [-0.4, -0.2) is 17.3 Å². The molecule has 0 amide bonds. The maximum Gasteiger partial charge on any atom is 0.458 e. The summed E-state index contributed by atoms with van der Waals surface area (Å²) in [5, 5.41) is 0. The molecular weight excluding hydrogens is 328 g/mol. The predicted octanol–water partition coefficient (Wildman–Crippen LogP) is 3.68. The van der Waals surface area contributed by atoms with E-state index in [9.17, 15) is 48.7 Å². The summed E-state index contributed by atoms with van der Waals surface area (Å²) in [6, 6.07) is 0. The van der Waals surface area contributed by atoms with E-state index in [1.807, 2.05) is 0 Å². The normalized spacial score (nSPS) is 14.4. The molecule has 0 unspecified atom stereocenters. The molecular formula is C9H3F10NO. The lowest BCUT2D eigenvalue weighted by molar-refractivity contribution is -0.293. The zero-order valence-electron chi connectivity index (χ0n) is 9.34. The molecule has 0 radical (unpaired) electrons. The highest BCUT2D eigenvalue weighted by molar-refractivity contribution is 5.27. The van der Waals surface area contributed by atoms with E-state index >= 15 is 0 Å². The van der Waals surface area contributed by atoms with Gasteiger partial charge in [0.1, 0.15) is 0 Å². The van der Waals surface area contributed by atoms with Crippen LogP contribution in [0.15, 0.2) is 17.2 Å². The molecule has 0 atom stereocenters. The molecule has 0 bridgehead atoms. The molecule has 2 nitrogen and oxygen atoms in total. The van der Waals surface area contributed by atoms with Crippen LogP contribution in [0.25, 0.3) is 0 Å². The van der Waals surface area contributed by atoms with Gasteiger partial charge in [0.25, 0.3) is 0 Å². The summed E-state index contributed by atoms with van der Waals surface area (Å²) in [4.78, 5) is 12.4. The van der Waals surface area contributed by atoms with E-state index in [1.54, 1.807) is 0 Å². The summed E-state index contributed by atoms with van der Waals surface area (Å²) in [5.74, 6) is -11.8. The van der Waals surface area contributed by atoms with Gasteiger partial charge in [0.2, 0.25) is 5.43 Å². The lowest BCUT2D eigenvalue weighted by Crippen LogP contribution is -2.43. The Labute approximate surface area is 108 Å². The van der Waals surface area contributed by atoms with Crippen LogP contribution < -0.4 is 5.43 Å². The summed E-state index contributed by atoms with van der Waals surface area (Å²) in [6.07, 6.45) is -13.3. The first-order valence-corrected chi connectivity index (χ1v) is 4.75. The monoisotopic (exact) mass is 331 g/mol. The van der Waals surface area contributed by atoms with Crippen molar-refractivity contribution >= 4 is 0 Å². The van der Waals surface area contributed by atoms with Crippen LogP contribution in [0.3, 0.4) is 0 Å². The van der Waals surface area contributed by atoms with Gasteiger partial charge in [0, 0.05) is 12.4 Å². The van der Waals surface area contributed by atoms with Crippen molar-refractivity contribution in [3.63, 3.8) is 0 Å². The highest BCUT2D eigenvalue weighted by Crippen LogP contribution is 2.45. The number of aromatic amines is 1. The molecule has 0 aliphatic heterocycles. The molecule has 0 fully saturated rings. The van der Waals surface area contributed by atoms with Crippen LogP contribution >= 0.6 is 0 Å². The maximum absolute atomic E-state index is 12.9. The van der Waals surface area contributed by atoms with Crippen molar-refractivity contribution in [2.45, 2.75) is 24.2 Å². The minimum Gasteiger partial charge on any atom is -0.366 e. The van der Waals surface area contributed by atoms with Crippen LogP contribution in [0.5, 0.6) is 0 Å². The molecule has 0 saturated heterocycles. The fourth-order valence-electron chi connectivity index (χ4n) is 1.26. The van der Waals surface area contributed by atoms with Gasteiger partial charge in [0.15, 0.2) is 0 Å². The summed E-state index contributed by atoms with van der Waals surface area (Å²) in [7, 11) is 0. The Kier molecular flexibility index (Phi) is 3.81. The zero-order valence-corrected chi connectivity index (χ0v) is 9.34. The molecule has 1 rings (SSSR count). The number of nitrogens with one attached hydrogen (secondary N) is 1. The predicted molar refractivity (Wildman–Crippen MR) is 47.0 cm³/mol. The van der Waals surface area contributed by atoms with Crippen molar-refractivity contribution in [2.75, 3.05) is 0 Å². The Hall–Kier alpha value is -1.75. The van der Waals surface area contributed by atoms with Crippen LogP contribution in [0.4, 0.5) is 43.9 Å². The molecule has 1 aromatic rings. The molecule has 0 aliphatic carbocycles. The highest BCUT2D eigenvalue weighted by Gasteiger charge is 2.63. The van der Waals surface area contributed by atoms with Gasteiger partial charge < -0.3 is 4.98 Å². The Morgan fingerprint density at radius 1 is 0.667 bits per heavy atom. The van der Waals surface area contributed by atoms with E-state index < -0.39 is 40.8 Å². The maximum atomic E-state index is 12.9. The van der Waals surface area contributed by atoms with Crippen molar-refractivity contribution < 1.29 is 43.9 Å². The molecule has 1 N–H and O–H groups in total. The minimum absolute atomic E-state index is 0.286. The number of pyridine rings is 1. The van der Waals surface area contributed by atoms with Crippen LogP contribution in [0, 0.1) is 0 Å². The molecule has 12 heteroatoms. The first-order chi connectivity index (χ1) is 9.14. The molecule has 0 aromatic carbocycles. The average Bonchev–Trinajstić information content (AvgIpc) is 2.25. The van der Waals surface area contributed by atoms with E-state index in [0.29, 0.717) is 0 Å². The molecule has 21 heavy (non-hydrogen) atoms. The Balaban J connectivity index is 3.60. The smallest absolute Gasteiger partial charge is 0.366 e. The second kappa shape index (κ2) is 4.63. The summed E-state index contributed by atoms with van der Waals surface area (Å²) < 4.78 is 124. The number of H-pyrrole nitrogens is 1. The number of hydrogen-bond acceptors (Lipinski definition) is 1. The van der Waals surface area contributed by atoms with Gasteiger partial charge in [-0.2, -0.15) is 43.9 Å². The number of aromatic nitrogens is 1. The van der Waals surface area contributed by atoms with Crippen LogP contribution in [0.2, 0.25) is 0 Å². The van der Waals surface area contributed by atoms with Crippen molar-refractivity contribution in [3.8, 4) is 0 Å². The van der Waals surface area contributed by atoms with Crippen LogP contribution in [0.1, 0.15) is 11.1 Å². The second-order valence-corrected chi connectivity index (χ2v) is 3.76. The van der Waals surface area contributed by atoms with Crippen molar-refractivity contribution in [1.82, 2.24) is 4.98 Å². The quantitative estimate of drug-likeness (QED) is 0.824. The number of rotatable bonds is 2. The fraction of sp³-hybridized carbons (Fsp3) is 0.444. The second-order valence-electron chi connectivity index (χ2n) is 3.76. The van der Waals surface area contributed by atoms with E-state index in [-0.39, 0.29) is 12.4 Å². The number of halogens is 10. The van der Waals surface area contributed by atoms with Crippen LogP contribution in [-0.2, 0) is 11.8 Å². The Bertz CT molecular complexity index is 534. The third-order valence-corrected chi connectivity index (χ3v) is 2.33. The average molecular weight is 331 g/mol. The molecule has 0 spiro atoms. The van der Waals surface area contributed by atoms with E-state index in [1.165, 1.54) is 4.98 Å². The molecule has 120 valence electrons. The largest absolute Gasteiger partial charge is 0.458 e. The number of hydrogen-bond donors (Lipinski definition) is 1. The SMILES string of the molecule is O=c1c(C(F)(F)C(F)(F)F)c[nH]cc1C(F)(F)C(F)(F)F. The minimum atomic E-state index is -6.34. The third kappa shape index (κ3) is 2.70. The highest BCUT2D eigenvalue weighted by atomic mass is 19.4. The number of alkyl halides is 10. The van der Waals surface area contributed by atoms with E-state index in [0.717, 1.165) is 0 Å². The first-order valence-electron chi connectivity index (χ1n) is 4.75. The lowest BCUT2D eigenvalue weighted by Gasteiger charge is -2.22. The topological polar surface area (TPSA) is 32.9 Å². The van der Waals surface area contributed by atoms with E-state index in [4.69, 9.17) is 0 Å². The molecule has 0 aliphatic rings. The van der Waals surface area contributed by atoms with Gasteiger partial charge in [-0.05, 0) is 0 Å². The van der Waals surface area contributed by atoms with Gasteiger partial charge in [-0.15, -0.1) is 0 Å². The lowest BCUT2D eigenvalue weighted by atomic mass is 10.0. The summed E-state index contributed by atoms with van der Waals surface area (Å²) >= 11 is 0. The van der Waals surface area contributed by atoms with Gasteiger partial charge >= 0.3 is 24.2 Å². The first kappa shape index (κ1) is 17.3. The Morgan fingerprint density at radius 3 is 1.19 bits per heavy atom. The van der Waals surface area contributed by atoms with Gasteiger partial charge in [-0.25, -0.2) is 0 Å². The summed E-state index contributed by atoms with van der Waals surface area (Å²) in [5.41, 5.74) is -7.87. The third-order valence-electron chi connectivity index (χ3n) is 2.33. The standard InChI is InChI=1S/C9H3F10NO/c10-6(11,8(14,15)16)3-1-20-2-4(5(3)21)7(12,13)9(17,18)19/h1-2H,(H,20,21). The molecule has 1 heterocycles. The van der Waals surface area contributed by atoms with Gasteiger partial charge in [0.05, 0.1) is 11.1 Å². The summed E-state index contributed by atoms with van der Waals surface area (Å²) in [6.45, 7) is 0. The zero-order chi connectivity index (χ0) is 16.9.